The van der Waals surface area contributed by atoms with E-state index >= 15 is 0 Å². The van der Waals surface area contributed by atoms with Crippen molar-refractivity contribution in [2.45, 2.75) is 25.9 Å². The van der Waals surface area contributed by atoms with Crippen LogP contribution in [-0.4, -0.2) is 42.3 Å². The van der Waals surface area contributed by atoms with Gasteiger partial charge in [-0.1, -0.05) is 60.5 Å². The van der Waals surface area contributed by atoms with Gasteiger partial charge in [0.05, 0.1) is 15.7 Å². The molecule has 0 unspecified atom stereocenters. The zero-order valence-electron chi connectivity index (χ0n) is 18.3. The Bertz CT molecular complexity index is 1260. The highest BCUT2D eigenvalue weighted by molar-refractivity contribution is 6.42. The number of nitrogens with zero attached hydrogens (tertiary/aromatic N) is 2. The van der Waals surface area contributed by atoms with Crippen molar-refractivity contribution < 1.29 is 14.4 Å². The summed E-state index contributed by atoms with van der Waals surface area (Å²) < 4.78 is 0. The second-order valence-corrected chi connectivity index (χ2v) is 8.69. The number of likely N-dealkylation sites (N-methyl/N-ethyl adjacent to an activating group) is 1. The number of hydrogen-bond acceptors (Lipinski definition) is 3. The third-order valence-corrected chi connectivity index (χ3v) is 6.65. The van der Waals surface area contributed by atoms with Crippen LogP contribution in [0.15, 0.2) is 54.6 Å². The minimum atomic E-state index is -0.701. The van der Waals surface area contributed by atoms with Gasteiger partial charge in [-0.25, -0.2) is 0 Å². The fourth-order valence-electron chi connectivity index (χ4n) is 4.28. The maximum atomic E-state index is 13.6. The summed E-state index contributed by atoms with van der Waals surface area (Å²) in [5, 5.41) is 5.19. The molecule has 33 heavy (non-hydrogen) atoms. The summed E-state index contributed by atoms with van der Waals surface area (Å²) >= 11 is 12.2. The van der Waals surface area contributed by atoms with Crippen molar-refractivity contribution in [1.82, 2.24) is 10.2 Å². The van der Waals surface area contributed by atoms with Crippen molar-refractivity contribution in [3.05, 3.63) is 75.8 Å². The summed E-state index contributed by atoms with van der Waals surface area (Å²) in [7, 11) is 1.54. The zero-order valence-corrected chi connectivity index (χ0v) is 19.8. The summed E-state index contributed by atoms with van der Waals surface area (Å²) in [6.45, 7) is 1.81. The predicted molar refractivity (Wildman–Crippen MR) is 131 cm³/mol. The van der Waals surface area contributed by atoms with E-state index in [2.05, 4.69) is 5.32 Å². The van der Waals surface area contributed by atoms with E-state index in [0.717, 1.165) is 16.3 Å². The largest absolute Gasteiger partial charge is 0.357 e. The molecule has 3 amide bonds. The average Bonchev–Trinajstić information content (AvgIpc) is 3.09. The molecule has 0 saturated carbocycles. The van der Waals surface area contributed by atoms with Gasteiger partial charge in [-0.05, 0) is 41.6 Å². The number of anilines is 1. The number of amides is 3. The zero-order chi connectivity index (χ0) is 23.7. The molecule has 0 radical (unpaired) electrons. The number of benzene rings is 3. The minimum absolute atomic E-state index is 0.154. The van der Waals surface area contributed by atoms with Crippen LogP contribution in [0.2, 0.25) is 10.0 Å². The molecule has 1 atom stereocenters. The summed E-state index contributed by atoms with van der Waals surface area (Å²) in [6.07, 6.45) is 0.413. The van der Waals surface area contributed by atoms with Gasteiger partial charge in [0.2, 0.25) is 11.8 Å². The van der Waals surface area contributed by atoms with E-state index in [1.807, 2.05) is 37.3 Å². The molecule has 0 aliphatic carbocycles. The van der Waals surface area contributed by atoms with Crippen molar-refractivity contribution in [3.63, 3.8) is 0 Å². The summed E-state index contributed by atoms with van der Waals surface area (Å²) in [6, 6.07) is 15.6. The van der Waals surface area contributed by atoms with E-state index < -0.39 is 6.04 Å². The quantitative estimate of drug-likeness (QED) is 0.531. The number of hydrogen-bond donors (Lipinski definition) is 1. The first kappa shape index (κ1) is 23.1. The minimum Gasteiger partial charge on any atom is -0.357 e. The number of rotatable bonds is 7. The second kappa shape index (κ2) is 9.41. The van der Waals surface area contributed by atoms with E-state index in [-0.39, 0.29) is 30.8 Å². The normalized spacial score (nSPS) is 13.3. The summed E-state index contributed by atoms with van der Waals surface area (Å²) in [5.41, 5.74) is 2.01. The van der Waals surface area contributed by atoms with Crippen LogP contribution in [0.3, 0.4) is 0 Å². The van der Waals surface area contributed by atoms with Gasteiger partial charge in [-0.3, -0.25) is 19.3 Å². The first-order valence-electron chi connectivity index (χ1n) is 10.6. The van der Waals surface area contributed by atoms with Crippen LogP contribution in [0, 0.1) is 0 Å². The van der Waals surface area contributed by atoms with Crippen molar-refractivity contribution >= 4 is 57.4 Å². The van der Waals surface area contributed by atoms with Gasteiger partial charge in [-0.15, -0.1) is 0 Å². The Morgan fingerprint density at radius 1 is 1.06 bits per heavy atom. The van der Waals surface area contributed by atoms with Gasteiger partial charge in [0.1, 0.15) is 12.6 Å². The Morgan fingerprint density at radius 3 is 2.45 bits per heavy atom. The predicted octanol–water partition coefficient (Wildman–Crippen LogP) is 4.66. The van der Waals surface area contributed by atoms with Gasteiger partial charge < -0.3 is 10.2 Å². The molecule has 0 bridgehead atoms. The third kappa shape index (κ3) is 4.28. The molecule has 1 aliphatic heterocycles. The van der Waals surface area contributed by atoms with Gasteiger partial charge in [0.25, 0.3) is 5.91 Å². The highest BCUT2D eigenvalue weighted by atomic mass is 35.5. The maximum Gasteiger partial charge on any atom is 0.259 e. The number of nitrogens with one attached hydrogen (secondary N) is 1. The molecule has 0 aromatic heterocycles. The maximum absolute atomic E-state index is 13.6. The molecule has 6 nitrogen and oxygen atoms in total. The fourth-order valence-corrected chi connectivity index (χ4v) is 4.60. The van der Waals surface area contributed by atoms with Gasteiger partial charge >= 0.3 is 0 Å². The Morgan fingerprint density at radius 2 is 1.79 bits per heavy atom. The van der Waals surface area contributed by atoms with Gasteiger partial charge in [0.15, 0.2) is 0 Å². The lowest BCUT2D eigenvalue weighted by Gasteiger charge is -2.32. The molecular formula is C25H23Cl2N3O3. The van der Waals surface area contributed by atoms with E-state index in [4.69, 9.17) is 23.2 Å². The van der Waals surface area contributed by atoms with Crippen LogP contribution in [0.5, 0.6) is 0 Å². The Labute approximate surface area is 202 Å². The van der Waals surface area contributed by atoms with Crippen LogP contribution < -0.4 is 10.2 Å². The van der Waals surface area contributed by atoms with Crippen LogP contribution in [0.4, 0.5) is 5.69 Å². The highest BCUT2D eigenvalue weighted by Crippen LogP contribution is 2.37. The van der Waals surface area contributed by atoms with Gasteiger partial charge in [0, 0.05) is 24.5 Å². The Kier molecular flexibility index (Phi) is 6.58. The molecule has 0 saturated heterocycles. The van der Waals surface area contributed by atoms with E-state index in [0.29, 0.717) is 27.7 Å². The van der Waals surface area contributed by atoms with E-state index in [9.17, 15) is 14.4 Å². The van der Waals surface area contributed by atoms with Crippen LogP contribution in [-0.2, 0) is 16.1 Å². The standard InChI is InChI=1S/C25H23Cl2N3O3/c1-3-20(24(32)28-2)29(13-15-10-11-18(26)19(27)12-15)22(31)14-30-21-9-5-7-16-6-4-8-17(23(16)21)25(30)33/h4-12,20H,3,13-14H2,1-2H3,(H,28,32)/t20-/m1/s1. The molecule has 3 aromatic rings. The highest BCUT2D eigenvalue weighted by Gasteiger charge is 2.34. The lowest BCUT2D eigenvalue weighted by atomic mass is 10.1. The summed E-state index contributed by atoms with van der Waals surface area (Å²) in [5.74, 6) is -0.837. The SMILES string of the molecule is CC[C@H](C(=O)NC)N(Cc1ccc(Cl)c(Cl)c1)C(=O)CN1C(=O)c2cccc3cccc1c23. The molecule has 1 N–H and O–H groups in total. The van der Waals surface area contributed by atoms with Gasteiger partial charge in [-0.2, -0.15) is 0 Å². The van der Waals surface area contributed by atoms with Crippen LogP contribution >= 0.6 is 23.2 Å². The van der Waals surface area contributed by atoms with Crippen molar-refractivity contribution in [2.75, 3.05) is 18.5 Å². The molecule has 0 spiro atoms. The topological polar surface area (TPSA) is 69.7 Å². The molecule has 0 fully saturated rings. The molecule has 1 aliphatic rings. The number of carbonyl (C=O) groups excluding carboxylic acids is 3. The Balaban J connectivity index is 1.67. The first-order valence-corrected chi connectivity index (χ1v) is 11.4. The molecular weight excluding hydrogens is 461 g/mol. The first-order chi connectivity index (χ1) is 15.8. The third-order valence-electron chi connectivity index (χ3n) is 5.91. The fraction of sp³-hybridized carbons (Fsp3) is 0.240. The molecule has 4 rings (SSSR count). The Hall–Kier alpha value is -3.09. The number of carbonyl (C=O) groups is 3. The average molecular weight is 484 g/mol. The monoisotopic (exact) mass is 483 g/mol. The van der Waals surface area contributed by atoms with Crippen LogP contribution in [0.25, 0.3) is 10.8 Å². The molecule has 170 valence electrons. The smallest absolute Gasteiger partial charge is 0.259 e. The van der Waals surface area contributed by atoms with E-state index in [1.54, 1.807) is 24.3 Å². The summed E-state index contributed by atoms with van der Waals surface area (Å²) in [4.78, 5) is 42.3. The van der Waals surface area contributed by atoms with Crippen molar-refractivity contribution in [3.8, 4) is 0 Å². The van der Waals surface area contributed by atoms with E-state index in [1.165, 1.54) is 16.8 Å². The second-order valence-electron chi connectivity index (χ2n) is 7.88. The lowest BCUT2D eigenvalue weighted by molar-refractivity contribution is -0.140. The molecule has 8 heteroatoms. The van der Waals surface area contributed by atoms with Crippen molar-refractivity contribution in [1.29, 1.82) is 0 Å². The lowest BCUT2D eigenvalue weighted by Crippen LogP contribution is -2.51. The number of halogens is 2. The van der Waals surface area contributed by atoms with Crippen LogP contribution in [0.1, 0.15) is 29.3 Å². The van der Waals surface area contributed by atoms with Crippen molar-refractivity contribution in [2.24, 2.45) is 0 Å². The molecule has 3 aromatic carbocycles. The molecule has 1 heterocycles.